The number of aromatic nitrogens is 3. The molecule has 3 aromatic rings. The summed E-state index contributed by atoms with van der Waals surface area (Å²) in [6.45, 7) is -0.0456. The second-order valence-electron chi connectivity index (χ2n) is 5.54. The molecule has 8 nitrogen and oxygen atoms in total. The molecule has 1 N–H and O–H groups in total. The Morgan fingerprint density at radius 1 is 1.26 bits per heavy atom. The minimum absolute atomic E-state index is 0.135. The number of aliphatic hydroxyl groups is 1. The number of halogens is 2. The Hall–Kier alpha value is -2.55. The van der Waals surface area contributed by atoms with Crippen molar-refractivity contribution in [1.29, 1.82) is 0 Å². The predicted molar refractivity (Wildman–Crippen MR) is 98.7 cm³/mol. The second kappa shape index (κ2) is 8.43. The van der Waals surface area contributed by atoms with Crippen LogP contribution in [0.1, 0.15) is 6.42 Å². The zero-order chi connectivity index (χ0) is 19.4. The molecule has 0 aliphatic heterocycles. The van der Waals surface area contributed by atoms with Crippen molar-refractivity contribution in [3.05, 3.63) is 57.2 Å². The summed E-state index contributed by atoms with van der Waals surface area (Å²) in [4.78, 5) is 23.6. The fourth-order valence-corrected chi connectivity index (χ4v) is 2.72. The van der Waals surface area contributed by atoms with E-state index < -0.39 is 12.6 Å². The van der Waals surface area contributed by atoms with Crippen LogP contribution in [-0.4, -0.2) is 38.5 Å². The van der Waals surface area contributed by atoms with Crippen LogP contribution in [0.4, 0.5) is 0 Å². The van der Waals surface area contributed by atoms with Gasteiger partial charge >= 0.3 is 5.97 Å². The van der Waals surface area contributed by atoms with Gasteiger partial charge in [-0.15, -0.1) is 0 Å². The summed E-state index contributed by atoms with van der Waals surface area (Å²) in [7, 11) is 0. The number of hydrogen-bond donors (Lipinski definition) is 1. The average molecular weight is 412 g/mol. The highest BCUT2D eigenvalue weighted by atomic mass is 35.5. The number of hydrogen-bond acceptors (Lipinski definition) is 6. The molecule has 0 aliphatic rings. The van der Waals surface area contributed by atoms with E-state index in [2.05, 4.69) is 5.10 Å². The van der Waals surface area contributed by atoms with Gasteiger partial charge in [0.25, 0.3) is 5.56 Å². The first-order valence-electron chi connectivity index (χ1n) is 7.95. The van der Waals surface area contributed by atoms with Gasteiger partial charge in [-0.05, 0) is 18.6 Å². The first kappa shape index (κ1) is 19.2. The lowest BCUT2D eigenvalue weighted by Crippen LogP contribution is -2.23. The van der Waals surface area contributed by atoms with Crippen LogP contribution in [0.2, 0.25) is 10.0 Å². The smallest absolute Gasteiger partial charge is 0.337 e. The molecule has 10 heteroatoms. The van der Waals surface area contributed by atoms with Crippen LogP contribution in [0.15, 0.2) is 41.6 Å². The van der Waals surface area contributed by atoms with Gasteiger partial charge in [-0.2, -0.15) is 5.10 Å². The lowest BCUT2D eigenvalue weighted by Gasteiger charge is -2.09. The van der Waals surface area contributed by atoms with E-state index in [0.29, 0.717) is 35.4 Å². The highest BCUT2D eigenvalue weighted by Gasteiger charge is 2.11. The molecule has 2 aromatic heterocycles. The van der Waals surface area contributed by atoms with Gasteiger partial charge in [-0.25, -0.2) is 9.31 Å². The Labute approximate surface area is 163 Å². The monoisotopic (exact) mass is 411 g/mol. The first-order chi connectivity index (χ1) is 13.0. The van der Waals surface area contributed by atoms with Crippen LogP contribution in [0.5, 0.6) is 11.5 Å². The van der Waals surface area contributed by atoms with E-state index in [-0.39, 0.29) is 16.8 Å². The minimum atomic E-state index is -0.817. The maximum Gasteiger partial charge on any atom is 0.337 e. The van der Waals surface area contributed by atoms with Gasteiger partial charge in [0.1, 0.15) is 24.2 Å². The summed E-state index contributed by atoms with van der Waals surface area (Å²) in [6, 6.07) is 6.33. The van der Waals surface area contributed by atoms with Gasteiger partial charge in [-0.1, -0.05) is 23.2 Å². The summed E-state index contributed by atoms with van der Waals surface area (Å²) in [5, 5.41) is 13.8. The molecule has 1 aromatic carbocycles. The molecule has 0 bridgehead atoms. The maximum atomic E-state index is 12.5. The number of fused-ring (bicyclic) bond motifs is 1. The number of rotatable bonds is 7. The van der Waals surface area contributed by atoms with Gasteiger partial charge in [0.05, 0.1) is 17.8 Å². The Morgan fingerprint density at radius 2 is 2.07 bits per heavy atom. The van der Waals surface area contributed by atoms with Gasteiger partial charge in [-0.3, -0.25) is 9.36 Å². The number of ether oxygens (including phenoxy) is 2. The van der Waals surface area contributed by atoms with Gasteiger partial charge in [0.15, 0.2) is 5.75 Å². The number of carbonyl (C=O) groups excluding carboxylic acids is 1. The highest BCUT2D eigenvalue weighted by Crippen LogP contribution is 2.27. The normalized spacial score (nSPS) is 10.9. The summed E-state index contributed by atoms with van der Waals surface area (Å²) < 4.78 is 13.2. The van der Waals surface area contributed by atoms with E-state index in [1.54, 1.807) is 18.2 Å². The van der Waals surface area contributed by atoms with Crippen LogP contribution < -0.4 is 15.0 Å². The van der Waals surface area contributed by atoms with Crippen molar-refractivity contribution in [2.75, 3.05) is 13.2 Å². The third-order valence-electron chi connectivity index (χ3n) is 3.63. The van der Waals surface area contributed by atoms with E-state index in [9.17, 15) is 9.59 Å². The Balaban J connectivity index is 1.65. The van der Waals surface area contributed by atoms with E-state index in [1.165, 1.54) is 27.7 Å². The number of aryl methyl sites for hydroxylation is 1. The molecule has 142 valence electrons. The number of benzene rings is 1. The van der Waals surface area contributed by atoms with Crippen LogP contribution in [-0.2, 0) is 11.3 Å². The lowest BCUT2D eigenvalue weighted by molar-refractivity contribution is -0.137. The van der Waals surface area contributed by atoms with Crippen LogP contribution >= 0.6 is 23.2 Å². The molecule has 0 atom stereocenters. The Bertz CT molecular complexity index is 1030. The molecule has 0 unspecified atom stereocenters. The maximum absolute atomic E-state index is 12.5. The van der Waals surface area contributed by atoms with E-state index in [1.807, 2.05) is 0 Å². The fraction of sp³-hybridized carbons (Fsp3) is 0.235. The van der Waals surface area contributed by atoms with Crippen molar-refractivity contribution in [2.45, 2.75) is 13.0 Å². The zero-order valence-corrected chi connectivity index (χ0v) is 15.5. The minimum Gasteiger partial charge on any atom is -0.492 e. The average Bonchev–Trinajstić information content (AvgIpc) is 3.06. The summed E-state index contributed by atoms with van der Waals surface area (Å²) >= 11 is 11.9. The molecule has 0 radical (unpaired) electrons. The molecule has 0 saturated heterocycles. The van der Waals surface area contributed by atoms with Gasteiger partial charge in [0.2, 0.25) is 0 Å². The molecule has 27 heavy (non-hydrogen) atoms. The number of carbonyl (C=O) groups is 1. The molecular weight excluding hydrogens is 397 g/mol. The van der Waals surface area contributed by atoms with E-state index >= 15 is 0 Å². The summed E-state index contributed by atoms with van der Waals surface area (Å²) in [5.74, 6) is -0.203. The molecule has 2 heterocycles. The molecule has 0 spiro atoms. The second-order valence-corrected chi connectivity index (χ2v) is 6.39. The van der Waals surface area contributed by atoms with Crippen LogP contribution in [0.3, 0.4) is 0 Å². The number of aliphatic hydroxyl groups excluding tert-OH is 1. The van der Waals surface area contributed by atoms with Crippen LogP contribution in [0, 0.1) is 0 Å². The topological polar surface area (TPSA) is 95.1 Å². The van der Waals surface area contributed by atoms with E-state index in [4.69, 9.17) is 37.8 Å². The Kier molecular flexibility index (Phi) is 6.00. The quantitative estimate of drug-likeness (QED) is 0.472. The summed E-state index contributed by atoms with van der Waals surface area (Å²) in [5.41, 5.74) is -0.0471. The standard InChI is InChI=1S/C17H15Cl2N3O5/c18-11-2-3-13(19)15(6-11)26-5-1-4-21-10-20-22-8-12(27-16(24)9-23)7-14(22)17(21)25/h2-3,6-8,10,23H,1,4-5,9H2. The number of esters is 1. The fourth-order valence-electron chi connectivity index (χ4n) is 2.38. The van der Waals surface area contributed by atoms with Crippen molar-refractivity contribution in [3.63, 3.8) is 0 Å². The van der Waals surface area contributed by atoms with Crippen LogP contribution in [0.25, 0.3) is 5.52 Å². The number of nitrogens with zero attached hydrogens (tertiary/aromatic N) is 3. The molecular formula is C17H15Cl2N3O5. The van der Waals surface area contributed by atoms with E-state index in [0.717, 1.165) is 0 Å². The van der Waals surface area contributed by atoms with Crippen molar-refractivity contribution in [3.8, 4) is 11.5 Å². The third kappa shape index (κ3) is 4.60. The van der Waals surface area contributed by atoms with Crippen molar-refractivity contribution in [1.82, 2.24) is 14.2 Å². The molecule has 0 saturated carbocycles. The lowest BCUT2D eigenvalue weighted by atomic mass is 10.3. The largest absolute Gasteiger partial charge is 0.492 e. The van der Waals surface area contributed by atoms with Crippen molar-refractivity contribution < 1.29 is 19.4 Å². The van der Waals surface area contributed by atoms with Gasteiger partial charge in [0, 0.05) is 23.7 Å². The molecule has 0 fully saturated rings. The molecule has 3 rings (SSSR count). The third-order valence-corrected chi connectivity index (χ3v) is 4.17. The van der Waals surface area contributed by atoms with Crippen molar-refractivity contribution >= 4 is 34.7 Å². The predicted octanol–water partition coefficient (Wildman–Crippen LogP) is 2.17. The van der Waals surface area contributed by atoms with Gasteiger partial charge < -0.3 is 14.6 Å². The molecule has 0 amide bonds. The SMILES string of the molecule is O=C(CO)Oc1cc2c(=O)n(CCCOc3cc(Cl)ccc3Cl)cnn2c1. The highest BCUT2D eigenvalue weighted by molar-refractivity contribution is 6.34. The molecule has 0 aliphatic carbocycles. The summed E-state index contributed by atoms with van der Waals surface area (Å²) in [6.07, 6.45) is 3.31. The zero-order valence-electron chi connectivity index (χ0n) is 14.0. The van der Waals surface area contributed by atoms with Crippen molar-refractivity contribution in [2.24, 2.45) is 0 Å². The Morgan fingerprint density at radius 3 is 2.85 bits per heavy atom. The first-order valence-corrected chi connectivity index (χ1v) is 8.71.